The van der Waals surface area contributed by atoms with Crippen LogP contribution in [0.15, 0.2) is 18.2 Å². The summed E-state index contributed by atoms with van der Waals surface area (Å²) in [5.74, 6) is -0.497. The molecule has 0 aromatic heterocycles. The van der Waals surface area contributed by atoms with Gasteiger partial charge in [-0.3, -0.25) is 14.5 Å². The molecule has 1 N–H and O–H groups in total. The summed E-state index contributed by atoms with van der Waals surface area (Å²) in [5, 5.41) is 2.70. The molecular weight excluding hydrogens is 932 g/mol. The number of ether oxygens (including phenoxy) is 3. The number of hydrogen-bond donors (Lipinski definition) is 1. The van der Waals surface area contributed by atoms with Crippen LogP contribution in [0.25, 0.3) is 0 Å². The van der Waals surface area contributed by atoms with Gasteiger partial charge in [-0.15, -0.1) is 0 Å². The van der Waals surface area contributed by atoms with Gasteiger partial charge in [0.2, 0.25) is 5.91 Å². The van der Waals surface area contributed by atoms with Gasteiger partial charge in [-0.25, -0.2) is 9.59 Å². The second-order valence-corrected chi connectivity index (χ2v) is 33.7. The monoisotopic (exact) mass is 1020 g/mol. The number of carbonyl (C=O) groups excluding carboxylic acids is 4. The Morgan fingerprint density at radius 1 is 0.742 bits per heavy atom. The highest BCUT2D eigenvalue weighted by molar-refractivity contribution is 14.1. The molecule has 6 atom stereocenters. The molecule has 0 heterocycles. The van der Waals surface area contributed by atoms with Crippen molar-refractivity contribution < 1.29 is 42.2 Å². The van der Waals surface area contributed by atoms with E-state index in [1.165, 1.54) is 4.90 Å². The highest BCUT2D eigenvalue weighted by Gasteiger charge is 2.43. The molecule has 0 spiro atoms. The summed E-state index contributed by atoms with van der Waals surface area (Å²) < 4.78 is 32.4. The Balaban J connectivity index is 3.47. The fourth-order valence-electron chi connectivity index (χ4n) is 6.41. The van der Waals surface area contributed by atoms with Crippen molar-refractivity contribution in [2.24, 2.45) is 23.7 Å². The molecule has 1 rings (SSSR count). The van der Waals surface area contributed by atoms with Crippen molar-refractivity contribution in [2.75, 3.05) is 13.6 Å². The smallest absolute Gasteiger partial charge is 0.410 e. The zero-order valence-electron chi connectivity index (χ0n) is 42.8. The molecule has 1 aromatic carbocycles. The highest BCUT2D eigenvalue weighted by Crippen LogP contribution is 2.41. The van der Waals surface area contributed by atoms with Gasteiger partial charge in [0.25, 0.3) is 8.32 Å². The van der Waals surface area contributed by atoms with Crippen molar-refractivity contribution in [2.45, 2.75) is 209 Å². The lowest BCUT2D eigenvalue weighted by atomic mass is 9.84. The number of benzene rings is 1. The molecule has 0 fully saturated rings. The van der Waals surface area contributed by atoms with E-state index in [-0.39, 0.29) is 58.7 Å². The minimum Gasteiger partial charge on any atom is -0.543 e. The Hall–Kier alpha value is -2.18. The van der Waals surface area contributed by atoms with Crippen LogP contribution in [0, 0.1) is 27.2 Å². The van der Waals surface area contributed by atoms with Crippen LogP contribution in [0.3, 0.4) is 0 Å². The molecule has 0 aliphatic heterocycles. The van der Waals surface area contributed by atoms with Gasteiger partial charge >= 0.3 is 18.0 Å². The molecule has 0 radical (unpaired) electrons. The van der Waals surface area contributed by atoms with E-state index in [1.807, 2.05) is 39.0 Å². The number of nitrogens with zero attached hydrogens (tertiary/aromatic N) is 1. The quantitative estimate of drug-likeness (QED) is 0.0587. The Morgan fingerprint density at radius 3 is 1.74 bits per heavy atom. The molecule has 2 amide bonds. The minimum atomic E-state index is -2.30. The molecule has 0 saturated heterocycles. The zero-order valence-corrected chi connectivity index (χ0v) is 47.0. The van der Waals surface area contributed by atoms with Gasteiger partial charge in [0.05, 0.1) is 9.67 Å². The topological polar surface area (TPSA) is 130 Å². The van der Waals surface area contributed by atoms with E-state index in [9.17, 15) is 19.2 Å². The molecular formula is C48H87IN2O9Si2. The second-order valence-electron chi connectivity index (χ2n) is 23.1. The van der Waals surface area contributed by atoms with E-state index >= 15 is 0 Å². The molecule has 1 aromatic rings. The van der Waals surface area contributed by atoms with Gasteiger partial charge in [-0.05, 0) is 149 Å². The third-order valence-corrected chi connectivity index (χ3v) is 21.9. The van der Waals surface area contributed by atoms with Gasteiger partial charge in [0.15, 0.2) is 8.32 Å². The number of carbonyl (C=O) groups is 4. The largest absolute Gasteiger partial charge is 0.543 e. The van der Waals surface area contributed by atoms with E-state index in [0.29, 0.717) is 12.8 Å². The summed E-state index contributed by atoms with van der Waals surface area (Å²) in [7, 11) is -2.81. The fourth-order valence-corrected chi connectivity index (χ4v) is 9.78. The van der Waals surface area contributed by atoms with Gasteiger partial charge < -0.3 is 28.4 Å². The van der Waals surface area contributed by atoms with Crippen LogP contribution < -0.4 is 9.74 Å². The second kappa shape index (κ2) is 22.8. The molecule has 14 heteroatoms. The SMILES string of the molecule is CC(C)[C@H](C[C@H](O[Si](C)(C)C(C)(C)C)[C@H](C)C[C@H](C)C[C@H](C)C(=O)NCC(=O)OC(C)(C)C)OC(=O)[C@@H](Cc1ccc(O[Si](C)(C)C(C)(C)C)c(I)c1)N(C)C(=O)OC(C)(C)C. The molecule has 11 nitrogen and oxygen atoms in total. The van der Waals surface area contributed by atoms with E-state index in [0.717, 1.165) is 21.3 Å². The van der Waals surface area contributed by atoms with Crippen molar-refractivity contribution in [3.63, 3.8) is 0 Å². The molecule has 0 bridgehead atoms. The summed E-state index contributed by atoms with van der Waals surface area (Å²) >= 11 is 2.29. The van der Waals surface area contributed by atoms with E-state index in [4.69, 9.17) is 23.1 Å². The Kier molecular flexibility index (Phi) is 21.3. The number of nitrogens with one attached hydrogen (secondary N) is 1. The maximum atomic E-state index is 14.6. The lowest BCUT2D eigenvalue weighted by molar-refractivity contribution is -0.159. The van der Waals surface area contributed by atoms with Crippen LogP contribution in [0.4, 0.5) is 4.79 Å². The van der Waals surface area contributed by atoms with Crippen LogP contribution in [-0.2, 0) is 39.4 Å². The van der Waals surface area contributed by atoms with E-state index in [1.54, 1.807) is 48.6 Å². The van der Waals surface area contributed by atoms with Crippen LogP contribution >= 0.6 is 22.6 Å². The lowest BCUT2D eigenvalue weighted by Crippen LogP contribution is -2.49. The summed E-state index contributed by atoms with van der Waals surface area (Å²) in [6, 6.07) is 4.98. The minimum absolute atomic E-state index is 0.0275. The first-order valence-electron chi connectivity index (χ1n) is 22.6. The van der Waals surface area contributed by atoms with Crippen molar-refractivity contribution in [3.8, 4) is 5.75 Å². The molecule has 0 aliphatic rings. The highest BCUT2D eigenvalue weighted by atomic mass is 127. The fraction of sp³-hybridized carbons (Fsp3) is 0.792. The number of amides is 2. The van der Waals surface area contributed by atoms with E-state index in [2.05, 4.69) is 109 Å². The van der Waals surface area contributed by atoms with Gasteiger partial charge in [0.1, 0.15) is 35.6 Å². The van der Waals surface area contributed by atoms with Crippen molar-refractivity contribution in [1.82, 2.24) is 10.2 Å². The van der Waals surface area contributed by atoms with Crippen molar-refractivity contribution in [3.05, 3.63) is 27.3 Å². The third kappa shape index (κ3) is 19.5. The third-order valence-electron chi connectivity index (χ3n) is 12.2. The molecule has 358 valence electrons. The average molecular weight is 1020 g/mol. The van der Waals surface area contributed by atoms with Gasteiger partial charge in [-0.2, -0.15) is 0 Å². The van der Waals surface area contributed by atoms with Crippen LogP contribution in [-0.4, -0.2) is 88.5 Å². The Bertz CT molecular complexity index is 1640. The maximum Gasteiger partial charge on any atom is 0.410 e. The summed E-state index contributed by atoms with van der Waals surface area (Å²) in [6.07, 6.45) is 0.727. The standard InChI is InChI=1S/C48H87IN2O9Si2/c1-31(2)39(29-40(60-62(21,22)48(15,16)17)33(4)25-32(3)26-34(5)42(53)50-30-41(52)57-45(6,7)8)56-43(54)37(51(18)44(55)58-46(9,10)11)28-35-23-24-38(36(49)27-35)59-61(19,20)47(12,13)14/h23-24,27,31-34,37,39-40H,25-26,28-30H2,1-22H3,(H,50,53)/t32-,33+,34-,37+,39-,40-/m0/s1. The molecule has 0 aliphatic carbocycles. The average Bonchev–Trinajstić information content (AvgIpc) is 3.06. The predicted octanol–water partition coefficient (Wildman–Crippen LogP) is 11.9. The van der Waals surface area contributed by atoms with Crippen LogP contribution in [0.2, 0.25) is 36.3 Å². The number of halogens is 1. The maximum absolute atomic E-state index is 14.6. The van der Waals surface area contributed by atoms with Crippen molar-refractivity contribution >= 4 is 63.2 Å². The number of likely N-dealkylation sites (N-methyl/N-ethyl adjacent to an activating group) is 1. The molecule has 0 saturated carbocycles. The predicted molar refractivity (Wildman–Crippen MR) is 265 cm³/mol. The van der Waals surface area contributed by atoms with Gasteiger partial charge in [0, 0.05) is 25.8 Å². The molecule has 62 heavy (non-hydrogen) atoms. The van der Waals surface area contributed by atoms with Crippen molar-refractivity contribution in [1.29, 1.82) is 0 Å². The first-order chi connectivity index (χ1) is 27.8. The number of hydrogen-bond acceptors (Lipinski definition) is 9. The first kappa shape index (κ1) is 57.8. The lowest BCUT2D eigenvalue weighted by Gasteiger charge is -2.42. The zero-order chi connectivity index (χ0) is 48.6. The Morgan fingerprint density at radius 2 is 1.27 bits per heavy atom. The number of esters is 2. The summed E-state index contributed by atoms with van der Waals surface area (Å²) in [4.78, 5) is 54.7. The van der Waals surface area contributed by atoms with Crippen LogP contribution in [0.5, 0.6) is 5.75 Å². The number of rotatable bonds is 20. The van der Waals surface area contributed by atoms with Crippen LogP contribution in [0.1, 0.15) is 143 Å². The van der Waals surface area contributed by atoms with Gasteiger partial charge in [-0.1, -0.05) is 82.2 Å². The molecule has 0 unspecified atom stereocenters. The summed E-state index contributed by atoms with van der Waals surface area (Å²) in [5.41, 5.74) is -0.523. The van der Waals surface area contributed by atoms with E-state index < -0.39 is 58.0 Å². The summed E-state index contributed by atoms with van der Waals surface area (Å²) in [6.45, 7) is 43.1. The Labute approximate surface area is 393 Å². The normalized spacial score (nSPS) is 16.1. The first-order valence-corrected chi connectivity index (χ1v) is 29.5.